The van der Waals surface area contributed by atoms with Crippen molar-refractivity contribution in [2.45, 2.75) is 26.8 Å². The lowest BCUT2D eigenvalue weighted by Crippen LogP contribution is -2.29. The molecule has 0 radical (unpaired) electrons. The first-order valence-corrected chi connectivity index (χ1v) is 5.53. The van der Waals surface area contributed by atoms with Crippen LogP contribution in [0.1, 0.15) is 17.8 Å². The molecule has 1 rings (SSSR count). The van der Waals surface area contributed by atoms with E-state index in [1.165, 1.54) is 0 Å². The first-order valence-electron chi connectivity index (χ1n) is 5.53. The van der Waals surface area contributed by atoms with Crippen LogP contribution in [0.25, 0.3) is 0 Å². The molecule has 1 amide bonds. The number of ether oxygens (including phenoxy) is 1. The minimum atomic E-state index is 0.0542. The van der Waals surface area contributed by atoms with Crippen LogP contribution in [-0.4, -0.2) is 30.7 Å². The van der Waals surface area contributed by atoms with Gasteiger partial charge in [0, 0.05) is 31.6 Å². The van der Waals surface area contributed by atoms with E-state index >= 15 is 0 Å². The Hall–Kier alpha value is -1.29. The summed E-state index contributed by atoms with van der Waals surface area (Å²) in [5, 5.41) is 2.87. The van der Waals surface area contributed by atoms with Gasteiger partial charge in [-0.3, -0.25) is 4.79 Å². The maximum absolute atomic E-state index is 11.6. The maximum atomic E-state index is 11.6. The van der Waals surface area contributed by atoms with Gasteiger partial charge < -0.3 is 14.6 Å². The van der Waals surface area contributed by atoms with Gasteiger partial charge in [-0.15, -0.1) is 0 Å². The molecule has 0 fully saturated rings. The smallest absolute Gasteiger partial charge is 0.239 e. The quantitative estimate of drug-likeness (QED) is 0.739. The molecule has 0 aromatic carbocycles. The molecule has 90 valence electrons. The fraction of sp³-hybridized carbons (Fsp3) is 0.583. The minimum absolute atomic E-state index is 0.0542. The molecule has 16 heavy (non-hydrogen) atoms. The van der Waals surface area contributed by atoms with Crippen LogP contribution in [0, 0.1) is 13.8 Å². The van der Waals surface area contributed by atoms with Gasteiger partial charge in [0.1, 0.15) is 6.54 Å². The van der Waals surface area contributed by atoms with Crippen LogP contribution in [0.5, 0.6) is 0 Å². The van der Waals surface area contributed by atoms with Crippen molar-refractivity contribution in [2.75, 3.05) is 20.3 Å². The molecular weight excluding hydrogens is 204 g/mol. The van der Waals surface area contributed by atoms with Crippen molar-refractivity contribution in [3.63, 3.8) is 0 Å². The van der Waals surface area contributed by atoms with Crippen molar-refractivity contribution in [3.05, 3.63) is 23.5 Å². The second kappa shape index (κ2) is 6.33. The topological polar surface area (TPSA) is 43.3 Å². The number of aryl methyl sites for hydroxylation is 2. The molecule has 1 N–H and O–H groups in total. The third kappa shape index (κ3) is 3.70. The van der Waals surface area contributed by atoms with E-state index in [2.05, 4.69) is 5.32 Å². The highest BCUT2D eigenvalue weighted by atomic mass is 16.5. The molecule has 0 unspecified atom stereocenters. The van der Waals surface area contributed by atoms with Crippen molar-refractivity contribution in [2.24, 2.45) is 0 Å². The van der Waals surface area contributed by atoms with E-state index in [1.807, 2.05) is 30.5 Å². The number of amides is 1. The van der Waals surface area contributed by atoms with Crippen LogP contribution in [0.15, 0.2) is 12.1 Å². The number of carbonyl (C=O) groups is 1. The van der Waals surface area contributed by atoms with E-state index < -0.39 is 0 Å². The molecular formula is C12H20N2O2. The summed E-state index contributed by atoms with van der Waals surface area (Å²) in [6, 6.07) is 4.04. The molecule has 0 aliphatic carbocycles. The molecule has 0 aliphatic heterocycles. The van der Waals surface area contributed by atoms with E-state index in [0.29, 0.717) is 19.7 Å². The normalized spacial score (nSPS) is 10.4. The Morgan fingerprint density at radius 1 is 1.38 bits per heavy atom. The molecule has 4 nitrogen and oxygen atoms in total. The molecule has 4 heteroatoms. The molecule has 0 atom stereocenters. The second-order valence-electron chi connectivity index (χ2n) is 3.90. The van der Waals surface area contributed by atoms with Gasteiger partial charge >= 0.3 is 0 Å². The molecule has 0 saturated carbocycles. The largest absolute Gasteiger partial charge is 0.385 e. The zero-order chi connectivity index (χ0) is 12.0. The van der Waals surface area contributed by atoms with Gasteiger partial charge in [-0.1, -0.05) is 0 Å². The van der Waals surface area contributed by atoms with Crippen molar-refractivity contribution >= 4 is 5.91 Å². The van der Waals surface area contributed by atoms with Gasteiger partial charge in [0.25, 0.3) is 0 Å². The number of hydrogen-bond donors (Lipinski definition) is 1. The fourth-order valence-corrected chi connectivity index (χ4v) is 1.59. The van der Waals surface area contributed by atoms with Crippen molar-refractivity contribution < 1.29 is 9.53 Å². The summed E-state index contributed by atoms with van der Waals surface area (Å²) in [7, 11) is 1.66. The Balaban J connectivity index is 2.34. The Morgan fingerprint density at radius 2 is 2.00 bits per heavy atom. The average Bonchev–Trinajstić information content (AvgIpc) is 2.56. The summed E-state index contributed by atoms with van der Waals surface area (Å²) in [4.78, 5) is 11.6. The third-order valence-corrected chi connectivity index (χ3v) is 2.57. The predicted molar refractivity (Wildman–Crippen MR) is 63.4 cm³/mol. The van der Waals surface area contributed by atoms with E-state index in [9.17, 15) is 4.79 Å². The van der Waals surface area contributed by atoms with Gasteiger partial charge in [-0.25, -0.2) is 0 Å². The lowest BCUT2D eigenvalue weighted by molar-refractivity contribution is -0.121. The van der Waals surface area contributed by atoms with Crippen LogP contribution in [0.2, 0.25) is 0 Å². The van der Waals surface area contributed by atoms with E-state index in [0.717, 1.165) is 17.8 Å². The number of hydrogen-bond acceptors (Lipinski definition) is 2. The Labute approximate surface area is 96.6 Å². The van der Waals surface area contributed by atoms with Gasteiger partial charge in [-0.2, -0.15) is 0 Å². The Bertz CT molecular complexity index is 325. The SMILES string of the molecule is COCCCNC(=O)Cn1c(C)ccc1C. The first kappa shape index (κ1) is 12.8. The number of carbonyl (C=O) groups excluding carboxylic acids is 1. The molecule has 1 aromatic heterocycles. The number of methoxy groups -OCH3 is 1. The van der Waals surface area contributed by atoms with Crippen molar-refractivity contribution in [1.82, 2.24) is 9.88 Å². The summed E-state index contributed by atoms with van der Waals surface area (Å²) < 4.78 is 6.92. The first-order chi connectivity index (χ1) is 7.65. The van der Waals surface area contributed by atoms with Crippen LogP contribution in [-0.2, 0) is 16.1 Å². The highest BCUT2D eigenvalue weighted by Gasteiger charge is 2.06. The van der Waals surface area contributed by atoms with Crippen LogP contribution in [0.4, 0.5) is 0 Å². The number of aromatic nitrogens is 1. The summed E-state index contributed by atoms with van der Waals surface area (Å²) in [6.45, 7) is 5.77. The van der Waals surface area contributed by atoms with E-state index in [4.69, 9.17) is 4.74 Å². The third-order valence-electron chi connectivity index (χ3n) is 2.57. The summed E-state index contributed by atoms with van der Waals surface area (Å²) in [5.41, 5.74) is 2.23. The average molecular weight is 224 g/mol. The summed E-state index contributed by atoms with van der Waals surface area (Å²) >= 11 is 0. The highest BCUT2D eigenvalue weighted by molar-refractivity contribution is 5.75. The zero-order valence-electron chi connectivity index (χ0n) is 10.2. The second-order valence-corrected chi connectivity index (χ2v) is 3.90. The molecule has 0 saturated heterocycles. The number of nitrogens with one attached hydrogen (secondary N) is 1. The van der Waals surface area contributed by atoms with Crippen molar-refractivity contribution in [1.29, 1.82) is 0 Å². The van der Waals surface area contributed by atoms with Crippen LogP contribution < -0.4 is 5.32 Å². The minimum Gasteiger partial charge on any atom is -0.385 e. The lowest BCUT2D eigenvalue weighted by Gasteiger charge is -2.09. The standard InChI is InChI=1S/C12H20N2O2/c1-10-5-6-11(2)14(10)9-12(15)13-7-4-8-16-3/h5-6H,4,7-9H2,1-3H3,(H,13,15). The van der Waals surface area contributed by atoms with Gasteiger partial charge in [0.15, 0.2) is 0 Å². The molecule has 0 spiro atoms. The molecule has 0 bridgehead atoms. The summed E-state index contributed by atoms with van der Waals surface area (Å²) in [5.74, 6) is 0.0542. The Morgan fingerprint density at radius 3 is 2.56 bits per heavy atom. The molecule has 1 aromatic rings. The monoisotopic (exact) mass is 224 g/mol. The summed E-state index contributed by atoms with van der Waals surface area (Å²) in [6.07, 6.45) is 0.853. The van der Waals surface area contributed by atoms with Crippen LogP contribution >= 0.6 is 0 Å². The van der Waals surface area contributed by atoms with Gasteiger partial charge in [0.2, 0.25) is 5.91 Å². The van der Waals surface area contributed by atoms with E-state index in [1.54, 1.807) is 7.11 Å². The lowest BCUT2D eigenvalue weighted by atomic mass is 10.4. The maximum Gasteiger partial charge on any atom is 0.239 e. The molecule has 0 aliphatic rings. The molecule has 1 heterocycles. The van der Waals surface area contributed by atoms with Crippen LogP contribution in [0.3, 0.4) is 0 Å². The van der Waals surface area contributed by atoms with Crippen molar-refractivity contribution in [3.8, 4) is 0 Å². The predicted octanol–water partition coefficient (Wildman–Crippen LogP) is 1.26. The van der Waals surface area contributed by atoms with E-state index in [-0.39, 0.29) is 5.91 Å². The number of rotatable bonds is 6. The Kier molecular flexibility index (Phi) is 5.05. The van der Waals surface area contributed by atoms with Gasteiger partial charge in [-0.05, 0) is 32.4 Å². The fourth-order valence-electron chi connectivity index (χ4n) is 1.59. The highest BCUT2D eigenvalue weighted by Crippen LogP contribution is 2.06. The zero-order valence-corrected chi connectivity index (χ0v) is 10.2. The number of nitrogens with zero attached hydrogens (tertiary/aromatic N) is 1. The van der Waals surface area contributed by atoms with Gasteiger partial charge in [0.05, 0.1) is 0 Å².